The Kier molecular flexibility index (Phi) is 7.18. The molecule has 35 heavy (non-hydrogen) atoms. The maximum atomic E-state index is 13.2. The summed E-state index contributed by atoms with van der Waals surface area (Å²) in [5, 5.41) is 0. The number of sulfonamides is 1. The van der Waals surface area contributed by atoms with Gasteiger partial charge >= 0.3 is 5.97 Å². The zero-order valence-electron chi connectivity index (χ0n) is 19.4. The predicted molar refractivity (Wildman–Crippen MR) is 130 cm³/mol. The van der Waals surface area contributed by atoms with E-state index in [0.717, 1.165) is 18.4 Å². The van der Waals surface area contributed by atoms with Gasteiger partial charge in [0.05, 0.1) is 27.7 Å². The van der Waals surface area contributed by atoms with Crippen molar-refractivity contribution >= 4 is 37.4 Å². The molecule has 2 aliphatic rings. The average molecular weight is 521 g/mol. The molecule has 11 heteroatoms. The summed E-state index contributed by atoms with van der Waals surface area (Å²) >= 11 is 0. The summed E-state index contributed by atoms with van der Waals surface area (Å²) in [5.74, 6) is -1.27. The molecule has 0 aromatic heterocycles. The lowest BCUT2D eigenvalue weighted by Crippen LogP contribution is -2.43. The lowest BCUT2D eigenvalue weighted by atomic mass is 10.0. The molecule has 2 heterocycles. The van der Waals surface area contributed by atoms with Crippen LogP contribution in [0, 0.1) is 0 Å². The summed E-state index contributed by atoms with van der Waals surface area (Å²) in [4.78, 5) is 26.5. The van der Waals surface area contributed by atoms with E-state index in [9.17, 15) is 26.4 Å². The molecule has 9 nitrogen and oxygen atoms in total. The number of rotatable bonds is 7. The van der Waals surface area contributed by atoms with Crippen LogP contribution < -0.4 is 4.31 Å². The Hall–Kier alpha value is -2.92. The number of para-hydroxylation sites is 1. The smallest absolute Gasteiger partial charge is 0.338 e. The molecule has 0 N–H and O–H groups in total. The lowest BCUT2D eigenvalue weighted by Gasteiger charge is -2.30. The molecule has 0 unspecified atom stereocenters. The zero-order chi connectivity index (χ0) is 25.2. The number of amides is 1. The van der Waals surface area contributed by atoms with Crippen molar-refractivity contribution in [3.63, 3.8) is 0 Å². The number of sulfone groups is 1. The van der Waals surface area contributed by atoms with Gasteiger partial charge in [0.25, 0.3) is 15.9 Å². The summed E-state index contributed by atoms with van der Waals surface area (Å²) in [6, 6.07) is 12.4. The van der Waals surface area contributed by atoms with Crippen molar-refractivity contribution in [3.8, 4) is 0 Å². The van der Waals surface area contributed by atoms with Crippen LogP contribution >= 0.6 is 0 Å². The first kappa shape index (κ1) is 25.2. The Morgan fingerprint density at radius 2 is 1.83 bits per heavy atom. The standard InChI is InChI=1S/C24H28N2O7S2/c1-2-25(20-13-15-34(29,30)17-20)23(27)16-33-24(28)19-9-11-21(12-10-19)35(31,32)26-14-5-7-18-6-3-4-8-22(18)26/h3-4,6,8-12,20H,2,5,7,13-17H2,1H3/t20-/m1/s1. The van der Waals surface area contributed by atoms with Crippen molar-refractivity contribution in [1.82, 2.24) is 4.90 Å². The van der Waals surface area contributed by atoms with Crippen LogP contribution in [0.2, 0.25) is 0 Å². The van der Waals surface area contributed by atoms with Crippen LogP contribution in [0.5, 0.6) is 0 Å². The van der Waals surface area contributed by atoms with Crippen molar-refractivity contribution in [1.29, 1.82) is 0 Å². The first-order valence-corrected chi connectivity index (χ1v) is 14.8. The van der Waals surface area contributed by atoms with E-state index in [0.29, 0.717) is 25.2 Å². The highest BCUT2D eigenvalue weighted by Crippen LogP contribution is 2.31. The number of nitrogens with zero attached hydrogens (tertiary/aromatic N) is 2. The number of fused-ring (bicyclic) bond motifs is 1. The summed E-state index contributed by atoms with van der Waals surface area (Å²) in [7, 11) is -6.96. The number of carbonyl (C=O) groups is 2. The van der Waals surface area contributed by atoms with Gasteiger partial charge in [0.1, 0.15) is 0 Å². The SMILES string of the molecule is CCN(C(=O)COC(=O)c1ccc(S(=O)(=O)N2CCCc3ccccc32)cc1)[C@@H]1CCS(=O)(=O)C1. The number of hydrogen-bond acceptors (Lipinski definition) is 7. The van der Waals surface area contributed by atoms with Crippen LogP contribution in [0.15, 0.2) is 53.4 Å². The van der Waals surface area contributed by atoms with E-state index in [1.54, 1.807) is 19.1 Å². The third kappa shape index (κ3) is 5.35. The largest absolute Gasteiger partial charge is 0.452 e. The Labute approximate surface area is 205 Å². The van der Waals surface area contributed by atoms with Crippen molar-refractivity contribution in [3.05, 3.63) is 59.7 Å². The number of anilines is 1. The molecule has 0 saturated carbocycles. The first-order chi connectivity index (χ1) is 16.6. The summed E-state index contributed by atoms with van der Waals surface area (Å²) in [5.41, 5.74) is 1.75. The van der Waals surface area contributed by atoms with Gasteiger partial charge in [0.15, 0.2) is 16.4 Å². The quantitative estimate of drug-likeness (QED) is 0.513. The van der Waals surface area contributed by atoms with Crippen LogP contribution in [0.4, 0.5) is 5.69 Å². The normalized spacial score (nSPS) is 19.1. The molecule has 2 aromatic rings. The summed E-state index contributed by atoms with van der Waals surface area (Å²) < 4.78 is 56.5. The van der Waals surface area contributed by atoms with Crippen molar-refractivity contribution in [2.75, 3.05) is 35.5 Å². The van der Waals surface area contributed by atoms with Crippen LogP contribution in [-0.4, -0.2) is 70.9 Å². The number of esters is 1. The minimum atomic E-state index is -3.81. The molecule has 1 fully saturated rings. The zero-order valence-corrected chi connectivity index (χ0v) is 21.1. The molecule has 2 aromatic carbocycles. The molecule has 1 atom stereocenters. The first-order valence-electron chi connectivity index (χ1n) is 11.5. The fraction of sp³-hybridized carbons (Fsp3) is 0.417. The summed E-state index contributed by atoms with van der Waals surface area (Å²) in [6.45, 7) is 1.91. The molecule has 2 aliphatic heterocycles. The third-order valence-corrected chi connectivity index (χ3v) is 9.96. The molecule has 1 saturated heterocycles. The monoisotopic (exact) mass is 520 g/mol. The van der Waals surface area contributed by atoms with E-state index in [2.05, 4.69) is 0 Å². The van der Waals surface area contributed by atoms with Crippen molar-refractivity contribution in [2.45, 2.75) is 37.1 Å². The number of benzene rings is 2. The molecular weight excluding hydrogens is 492 g/mol. The number of likely N-dealkylation sites (N-methyl/N-ethyl adjacent to an activating group) is 1. The Morgan fingerprint density at radius 3 is 2.49 bits per heavy atom. The Morgan fingerprint density at radius 1 is 1.11 bits per heavy atom. The van der Waals surface area contributed by atoms with Gasteiger partial charge in [-0.2, -0.15) is 0 Å². The topological polar surface area (TPSA) is 118 Å². The third-order valence-electron chi connectivity index (χ3n) is 6.38. The number of hydrogen-bond donors (Lipinski definition) is 0. The highest BCUT2D eigenvalue weighted by Gasteiger charge is 2.34. The molecule has 0 bridgehead atoms. The van der Waals surface area contributed by atoms with Crippen LogP contribution in [-0.2, 0) is 35.8 Å². The van der Waals surface area contributed by atoms with E-state index >= 15 is 0 Å². The highest BCUT2D eigenvalue weighted by atomic mass is 32.2. The summed E-state index contributed by atoms with van der Waals surface area (Å²) in [6.07, 6.45) is 1.90. The van der Waals surface area contributed by atoms with Crippen LogP contribution in [0.1, 0.15) is 35.7 Å². The minimum absolute atomic E-state index is 0.0412. The Balaban J connectivity index is 1.41. The highest BCUT2D eigenvalue weighted by molar-refractivity contribution is 7.93. The minimum Gasteiger partial charge on any atom is -0.452 e. The van der Waals surface area contributed by atoms with E-state index in [-0.39, 0.29) is 22.0 Å². The van der Waals surface area contributed by atoms with E-state index in [1.807, 2.05) is 12.1 Å². The van der Waals surface area contributed by atoms with Gasteiger partial charge in [0, 0.05) is 19.1 Å². The average Bonchev–Trinajstić information content (AvgIpc) is 3.21. The van der Waals surface area contributed by atoms with Crippen molar-refractivity contribution < 1.29 is 31.2 Å². The molecule has 0 radical (unpaired) electrons. The van der Waals surface area contributed by atoms with Gasteiger partial charge < -0.3 is 9.64 Å². The molecule has 0 aliphatic carbocycles. The lowest BCUT2D eigenvalue weighted by molar-refractivity contribution is -0.136. The van der Waals surface area contributed by atoms with Crippen LogP contribution in [0.3, 0.4) is 0 Å². The molecule has 0 spiro atoms. The van der Waals surface area contributed by atoms with Gasteiger partial charge in [-0.05, 0) is 62.1 Å². The molecular formula is C24H28N2O7S2. The second kappa shape index (κ2) is 9.98. The number of aryl methyl sites for hydroxylation is 1. The van der Waals surface area contributed by atoms with Crippen LogP contribution in [0.25, 0.3) is 0 Å². The predicted octanol–water partition coefficient (Wildman–Crippen LogP) is 2.02. The number of carbonyl (C=O) groups excluding carboxylic acids is 2. The maximum absolute atomic E-state index is 13.2. The van der Waals surface area contributed by atoms with Gasteiger partial charge in [0.2, 0.25) is 0 Å². The van der Waals surface area contributed by atoms with E-state index < -0.39 is 44.4 Å². The van der Waals surface area contributed by atoms with E-state index in [4.69, 9.17) is 4.74 Å². The Bertz CT molecular complexity index is 1320. The van der Waals surface area contributed by atoms with Gasteiger partial charge in [-0.1, -0.05) is 18.2 Å². The maximum Gasteiger partial charge on any atom is 0.338 e. The molecule has 188 valence electrons. The second-order valence-electron chi connectivity index (χ2n) is 8.65. The number of ether oxygens (including phenoxy) is 1. The van der Waals surface area contributed by atoms with Gasteiger partial charge in [-0.3, -0.25) is 9.10 Å². The fourth-order valence-corrected chi connectivity index (χ4v) is 7.86. The van der Waals surface area contributed by atoms with E-state index in [1.165, 1.54) is 33.5 Å². The second-order valence-corrected chi connectivity index (χ2v) is 12.7. The molecule has 4 rings (SSSR count). The molecule has 1 amide bonds. The van der Waals surface area contributed by atoms with Gasteiger partial charge in [-0.15, -0.1) is 0 Å². The fourth-order valence-electron chi connectivity index (χ4n) is 4.59. The van der Waals surface area contributed by atoms with Gasteiger partial charge in [-0.25, -0.2) is 21.6 Å². The van der Waals surface area contributed by atoms with Crippen molar-refractivity contribution in [2.24, 2.45) is 0 Å².